The lowest BCUT2D eigenvalue weighted by Gasteiger charge is -2.29. The number of furan rings is 1. The SMILES string of the molecule is CCOC(=O)C1=C(c2ccccc2)NC(=S)N[C@H]1c1ccc(-c2cccc(C(F)(F)F)c2)o1. The molecule has 1 aliphatic heterocycles. The summed E-state index contributed by atoms with van der Waals surface area (Å²) in [6.07, 6.45) is -4.47. The topological polar surface area (TPSA) is 63.5 Å². The van der Waals surface area contributed by atoms with E-state index in [2.05, 4.69) is 10.6 Å². The molecule has 5 nitrogen and oxygen atoms in total. The first kappa shape index (κ1) is 22.6. The molecule has 2 heterocycles. The van der Waals surface area contributed by atoms with Crippen LogP contribution in [-0.4, -0.2) is 17.7 Å². The summed E-state index contributed by atoms with van der Waals surface area (Å²) in [4.78, 5) is 12.9. The van der Waals surface area contributed by atoms with Gasteiger partial charge in [-0.05, 0) is 49.0 Å². The zero-order valence-electron chi connectivity index (χ0n) is 17.4. The average Bonchev–Trinajstić information content (AvgIpc) is 3.29. The summed E-state index contributed by atoms with van der Waals surface area (Å²) in [6.45, 7) is 1.86. The fourth-order valence-electron chi connectivity index (χ4n) is 3.55. The lowest BCUT2D eigenvalue weighted by atomic mass is 9.96. The first-order valence-corrected chi connectivity index (χ1v) is 10.5. The van der Waals surface area contributed by atoms with E-state index in [1.54, 1.807) is 19.1 Å². The highest BCUT2D eigenvalue weighted by atomic mass is 32.1. The van der Waals surface area contributed by atoms with E-state index in [1.165, 1.54) is 12.1 Å². The number of carbonyl (C=O) groups excluding carboxylic acids is 1. The summed E-state index contributed by atoms with van der Waals surface area (Å²) in [7, 11) is 0. The van der Waals surface area contributed by atoms with Crippen molar-refractivity contribution in [1.82, 2.24) is 10.6 Å². The number of nitrogens with one attached hydrogen (secondary N) is 2. The molecule has 3 aromatic rings. The minimum Gasteiger partial charge on any atom is -0.463 e. The standard InChI is InChI=1S/C24H19F3N2O3S/c1-2-31-22(30)19-20(14-7-4-3-5-8-14)28-23(33)29-21(19)18-12-11-17(32-18)15-9-6-10-16(13-15)24(25,26)27/h3-13,21H,2H2,1H3,(H2,28,29,33)/t21-/m0/s1. The third-order valence-electron chi connectivity index (χ3n) is 5.02. The molecule has 2 N–H and O–H groups in total. The second kappa shape index (κ2) is 9.11. The molecule has 0 saturated carbocycles. The third kappa shape index (κ3) is 4.78. The Morgan fingerprint density at radius 1 is 1.06 bits per heavy atom. The monoisotopic (exact) mass is 472 g/mol. The maximum atomic E-state index is 13.1. The maximum absolute atomic E-state index is 13.1. The Balaban J connectivity index is 1.78. The molecule has 1 atom stereocenters. The van der Waals surface area contributed by atoms with Gasteiger partial charge >= 0.3 is 12.1 Å². The molecule has 0 saturated heterocycles. The Morgan fingerprint density at radius 3 is 2.48 bits per heavy atom. The molecule has 0 unspecified atom stereocenters. The summed E-state index contributed by atoms with van der Waals surface area (Å²) in [5.41, 5.74) is 0.926. The lowest BCUT2D eigenvalue weighted by Crippen LogP contribution is -2.45. The van der Waals surface area contributed by atoms with Crippen molar-refractivity contribution in [1.29, 1.82) is 0 Å². The largest absolute Gasteiger partial charge is 0.463 e. The van der Waals surface area contributed by atoms with Crippen LogP contribution < -0.4 is 10.6 Å². The number of hydrogen-bond acceptors (Lipinski definition) is 4. The predicted octanol–water partition coefficient (Wildman–Crippen LogP) is 5.46. The molecule has 0 bridgehead atoms. The van der Waals surface area contributed by atoms with Gasteiger partial charge in [0.05, 0.1) is 23.4 Å². The van der Waals surface area contributed by atoms with Crippen LogP contribution in [-0.2, 0) is 15.7 Å². The van der Waals surface area contributed by atoms with Gasteiger partial charge in [-0.15, -0.1) is 0 Å². The zero-order chi connectivity index (χ0) is 23.6. The second-order valence-corrected chi connectivity index (χ2v) is 7.60. The normalized spacial score (nSPS) is 16.2. The highest BCUT2D eigenvalue weighted by molar-refractivity contribution is 7.80. The van der Waals surface area contributed by atoms with Crippen molar-refractivity contribution in [3.05, 3.63) is 89.2 Å². The van der Waals surface area contributed by atoms with E-state index in [-0.39, 0.29) is 28.6 Å². The molecule has 0 amide bonds. The zero-order valence-corrected chi connectivity index (χ0v) is 18.2. The molecule has 33 heavy (non-hydrogen) atoms. The van der Waals surface area contributed by atoms with Gasteiger partial charge in [-0.1, -0.05) is 42.5 Å². The van der Waals surface area contributed by atoms with Gasteiger partial charge < -0.3 is 19.8 Å². The quantitative estimate of drug-likeness (QED) is 0.380. The Hall–Kier alpha value is -3.59. The van der Waals surface area contributed by atoms with Gasteiger partial charge in [0.15, 0.2) is 5.11 Å². The Labute approximate surface area is 193 Å². The van der Waals surface area contributed by atoms with Crippen molar-refractivity contribution in [2.45, 2.75) is 19.1 Å². The molecular formula is C24H19F3N2O3S. The van der Waals surface area contributed by atoms with Crippen LogP contribution in [0.15, 0.2) is 76.7 Å². The van der Waals surface area contributed by atoms with Crippen LogP contribution in [0.3, 0.4) is 0 Å². The molecule has 0 spiro atoms. The van der Waals surface area contributed by atoms with Crippen LogP contribution in [0.5, 0.6) is 0 Å². The van der Waals surface area contributed by atoms with Crippen LogP contribution in [0, 0.1) is 0 Å². The molecule has 4 rings (SSSR count). The summed E-state index contributed by atoms with van der Waals surface area (Å²) < 4.78 is 50.5. The van der Waals surface area contributed by atoms with Crippen LogP contribution in [0.1, 0.15) is 29.9 Å². The smallest absolute Gasteiger partial charge is 0.416 e. The van der Waals surface area contributed by atoms with Gasteiger partial charge in [0, 0.05) is 5.56 Å². The van der Waals surface area contributed by atoms with Crippen molar-refractivity contribution in [2.75, 3.05) is 6.61 Å². The minimum atomic E-state index is -4.47. The number of esters is 1. The van der Waals surface area contributed by atoms with E-state index in [0.29, 0.717) is 11.5 Å². The molecule has 0 fully saturated rings. The minimum absolute atomic E-state index is 0.162. The summed E-state index contributed by atoms with van der Waals surface area (Å²) in [6, 6.07) is 16.3. The number of carbonyl (C=O) groups is 1. The van der Waals surface area contributed by atoms with Crippen molar-refractivity contribution >= 4 is 29.0 Å². The van der Waals surface area contributed by atoms with Crippen molar-refractivity contribution in [3.8, 4) is 11.3 Å². The molecule has 2 aromatic carbocycles. The van der Waals surface area contributed by atoms with Crippen LogP contribution in [0.25, 0.3) is 17.0 Å². The van der Waals surface area contributed by atoms with Crippen molar-refractivity contribution < 1.29 is 27.1 Å². The molecule has 9 heteroatoms. The van der Waals surface area contributed by atoms with Crippen molar-refractivity contribution in [2.24, 2.45) is 0 Å². The average molecular weight is 472 g/mol. The highest BCUT2D eigenvalue weighted by Crippen LogP contribution is 2.36. The van der Waals surface area contributed by atoms with E-state index in [4.69, 9.17) is 21.4 Å². The molecule has 1 aromatic heterocycles. The molecule has 0 radical (unpaired) electrons. The molecule has 170 valence electrons. The van der Waals surface area contributed by atoms with Crippen LogP contribution >= 0.6 is 12.2 Å². The van der Waals surface area contributed by atoms with E-state index < -0.39 is 23.8 Å². The number of rotatable bonds is 5. The van der Waals surface area contributed by atoms with E-state index >= 15 is 0 Å². The van der Waals surface area contributed by atoms with Crippen LogP contribution in [0.4, 0.5) is 13.2 Å². The van der Waals surface area contributed by atoms with E-state index in [1.807, 2.05) is 30.3 Å². The number of hydrogen-bond donors (Lipinski definition) is 2. The van der Waals surface area contributed by atoms with Gasteiger partial charge in [-0.2, -0.15) is 13.2 Å². The lowest BCUT2D eigenvalue weighted by molar-refractivity contribution is -0.139. The number of ether oxygens (including phenoxy) is 1. The summed E-state index contributed by atoms with van der Waals surface area (Å²) in [5, 5.41) is 6.29. The van der Waals surface area contributed by atoms with E-state index in [9.17, 15) is 18.0 Å². The Kier molecular flexibility index (Phi) is 6.24. The molecular weight excluding hydrogens is 453 g/mol. The molecule has 0 aliphatic carbocycles. The van der Waals surface area contributed by atoms with Gasteiger partial charge in [0.1, 0.15) is 17.6 Å². The predicted molar refractivity (Wildman–Crippen MR) is 121 cm³/mol. The Bertz CT molecular complexity index is 1220. The molecule has 1 aliphatic rings. The Morgan fingerprint density at radius 2 is 1.79 bits per heavy atom. The van der Waals surface area contributed by atoms with Gasteiger partial charge in [-0.25, -0.2) is 4.79 Å². The van der Waals surface area contributed by atoms with Gasteiger partial charge in [0.2, 0.25) is 0 Å². The second-order valence-electron chi connectivity index (χ2n) is 7.19. The first-order chi connectivity index (χ1) is 15.8. The van der Waals surface area contributed by atoms with Gasteiger partial charge in [-0.3, -0.25) is 0 Å². The number of thiocarbonyl (C=S) groups is 1. The summed E-state index contributed by atoms with van der Waals surface area (Å²) in [5.74, 6) is -0.0320. The maximum Gasteiger partial charge on any atom is 0.416 e. The number of alkyl halides is 3. The highest BCUT2D eigenvalue weighted by Gasteiger charge is 2.35. The first-order valence-electron chi connectivity index (χ1n) is 10.1. The number of halogens is 3. The van der Waals surface area contributed by atoms with Gasteiger partial charge in [0.25, 0.3) is 0 Å². The number of benzene rings is 2. The van der Waals surface area contributed by atoms with Crippen LogP contribution in [0.2, 0.25) is 0 Å². The van der Waals surface area contributed by atoms with Crippen molar-refractivity contribution in [3.63, 3.8) is 0 Å². The third-order valence-corrected chi connectivity index (χ3v) is 5.24. The summed E-state index contributed by atoms with van der Waals surface area (Å²) >= 11 is 5.35. The van der Waals surface area contributed by atoms with E-state index in [0.717, 1.165) is 17.7 Å². The fraction of sp³-hybridized carbons (Fsp3) is 0.167. The fourth-order valence-corrected chi connectivity index (χ4v) is 3.77.